The topological polar surface area (TPSA) is 24.5 Å². The van der Waals surface area contributed by atoms with Crippen molar-refractivity contribution in [3.8, 4) is 0 Å². The highest BCUT2D eigenvalue weighted by atomic mass is 16.5. The predicted molar refractivity (Wildman–Crippen MR) is 87.2 cm³/mol. The summed E-state index contributed by atoms with van der Waals surface area (Å²) in [5.74, 6) is 0.715. The van der Waals surface area contributed by atoms with Gasteiger partial charge in [0.15, 0.2) is 0 Å². The zero-order chi connectivity index (χ0) is 15.6. The van der Waals surface area contributed by atoms with Crippen molar-refractivity contribution >= 4 is 0 Å². The molecule has 0 aromatic carbocycles. The minimum Gasteiger partial charge on any atom is -0.367 e. The van der Waals surface area contributed by atoms with E-state index in [0.29, 0.717) is 11.3 Å². The van der Waals surface area contributed by atoms with Crippen LogP contribution in [0.3, 0.4) is 0 Å². The predicted octanol–water partition coefficient (Wildman–Crippen LogP) is 3.15. The maximum Gasteiger partial charge on any atom is 0.0760 e. The maximum atomic E-state index is 6.16. The molecule has 1 rings (SSSR count). The largest absolute Gasteiger partial charge is 0.367 e. The Bertz CT molecular complexity index is 292. The summed E-state index contributed by atoms with van der Waals surface area (Å²) in [6, 6.07) is 0. The zero-order valence-electron chi connectivity index (χ0n) is 15.0. The van der Waals surface area contributed by atoms with Gasteiger partial charge >= 0.3 is 0 Å². The molecule has 0 unspecified atom stereocenters. The average molecular weight is 284 g/mol. The van der Waals surface area contributed by atoms with Crippen molar-refractivity contribution in [3.63, 3.8) is 0 Å². The van der Waals surface area contributed by atoms with Crippen molar-refractivity contribution in [2.24, 2.45) is 11.3 Å². The molecule has 0 aliphatic carbocycles. The summed E-state index contributed by atoms with van der Waals surface area (Å²) in [5, 5.41) is 3.60. The van der Waals surface area contributed by atoms with Crippen molar-refractivity contribution < 1.29 is 4.74 Å². The van der Waals surface area contributed by atoms with E-state index in [1.165, 1.54) is 0 Å². The number of morpholine rings is 1. The van der Waals surface area contributed by atoms with Crippen molar-refractivity contribution in [3.05, 3.63) is 0 Å². The van der Waals surface area contributed by atoms with Gasteiger partial charge in [-0.2, -0.15) is 0 Å². The molecule has 0 saturated carbocycles. The van der Waals surface area contributed by atoms with Gasteiger partial charge in [-0.25, -0.2) is 0 Å². The third-order valence-electron chi connectivity index (χ3n) is 3.57. The fraction of sp³-hybridized carbons (Fsp3) is 1.00. The fourth-order valence-electron chi connectivity index (χ4n) is 3.42. The fourth-order valence-corrected chi connectivity index (χ4v) is 3.42. The van der Waals surface area contributed by atoms with Gasteiger partial charge in [-0.3, -0.25) is 4.90 Å². The Balaban J connectivity index is 2.53. The SMILES string of the molecule is CC(C)CNCC(C)(C)CN1CC(C)(C)OC(C)(C)C1. The van der Waals surface area contributed by atoms with Crippen LogP contribution in [-0.2, 0) is 4.74 Å². The smallest absolute Gasteiger partial charge is 0.0760 e. The van der Waals surface area contributed by atoms with E-state index in [9.17, 15) is 0 Å². The Labute approximate surface area is 126 Å². The van der Waals surface area contributed by atoms with Crippen LogP contribution < -0.4 is 5.32 Å². The molecule has 0 atom stereocenters. The van der Waals surface area contributed by atoms with E-state index in [1.807, 2.05) is 0 Å². The Morgan fingerprint density at radius 1 is 1.10 bits per heavy atom. The van der Waals surface area contributed by atoms with E-state index in [0.717, 1.165) is 32.7 Å². The second kappa shape index (κ2) is 6.33. The number of rotatable bonds is 6. The molecule has 1 fully saturated rings. The highest BCUT2D eigenvalue weighted by Gasteiger charge is 2.39. The molecule has 0 radical (unpaired) electrons. The molecule has 1 N–H and O–H groups in total. The van der Waals surface area contributed by atoms with Crippen LogP contribution in [0.5, 0.6) is 0 Å². The molecular formula is C17H36N2O. The van der Waals surface area contributed by atoms with Gasteiger partial charge in [-0.05, 0) is 45.6 Å². The van der Waals surface area contributed by atoms with Gasteiger partial charge < -0.3 is 10.1 Å². The first-order valence-corrected chi connectivity index (χ1v) is 8.04. The molecule has 0 bridgehead atoms. The lowest BCUT2D eigenvalue weighted by molar-refractivity contribution is -0.184. The third kappa shape index (κ3) is 6.55. The van der Waals surface area contributed by atoms with Crippen molar-refractivity contribution in [1.82, 2.24) is 10.2 Å². The lowest BCUT2D eigenvalue weighted by Gasteiger charge is -2.49. The van der Waals surface area contributed by atoms with Crippen molar-refractivity contribution in [2.45, 2.75) is 66.6 Å². The Hall–Kier alpha value is -0.120. The first-order valence-electron chi connectivity index (χ1n) is 8.04. The summed E-state index contributed by atoms with van der Waals surface area (Å²) >= 11 is 0. The molecule has 0 spiro atoms. The standard InChI is InChI=1S/C17H36N2O/c1-14(2)9-18-10-15(3,4)11-19-12-16(5,6)20-17(7,8)13-19/h14,18H,9-13H2,1-8H3. The number of ether oxygens (including phenoxy) is 1. The van der Waals surface area contributed by atoms with E-state index in [-0.39, 0.29) is 11.2 Å². The molecule has 120 valence electrons. The van der Waals surface area contributed by atoms with E-state index in [4.69, 9.17) is 4.74 Å². The van der Waals surface area contributed by atoms with Gasteiger partial charge in [0.25, 0.3) is 0 Å². The van der Waals surface area contributed by atoms with E-state index >= 15 is 0 Å². The van der Waals surface area contributed by atoms with Crippen LogP contribution in [0.4, 0.5) is 0 Å². The van der Waals surface area contributed by atoms with Crippen LogP contribution in [0.25, 0.3) is 0 Å². The second-order valence-electron chi connectivity index (χ2n) is 8.96. The van der Waals surface area contributed by atoms with Crippen molar-refractivity contribution in [1.29, 1.82) is 0 Å². The van der Waals surface area contributed by atoms with E-state index in [1.54, 1.807) is 0 Å². The lowest BCUT2D eigenvalue weighted by Crippen LogP contribution is -2.59. The Kier molecular flexibility index (Phi) is 5.67. The minimum atomic E-state index is -0.0524. The molecule has 1 heterocycles. The number of nitrogens with one attached hydrogen (secondary N) is 1. The molecule has 0 amide bonds. The highest BCUT2D eigenvalue weighted by molar-refractivity contribution is 4.91. The van der Waals surface area contributed by atoms with Crippen LogP contribution in [0.2, 0.25) is 0 Å². The lowest BCUT2D eigenvalue weighted by atomic mass is 9.90. The summed E-state index contributed by atoms with van der Waals surface area (Å²) in [7, 11) is 0. The molecule has 0 aromatic heterocycles. The van der Waals surface area contributed by atoms with Gasteiger partial charge in [0.05, 0.1) is 11.2 Å². The third-order valence-corrected chi connectivity index (χ3v) is 3.57. The number of hydrogen-bond donors (Lipinski definition) is 1. The normalized spacial score (nSPS) is 23.2. The van der Waals surface area contributed by atoms with Crippen molar-refractivity contribution in [2.75, 3.05) is 32.7 Å². The van der Waals surface area contributed by atoms with Crippen LogP contribution in [0, 0.1) is 11.3 Å². The second-order valence-corrected chi connectivity index (χ2v) is 8.96. The van der Waals surface area contributed by atoms with Gasteiger partial charge in [0.2, 0.25) is 0 Å². The number of nitrogens with zero attached hydrogens (tertiary/aromatic N) is 1. The monoisotopic (exact) mass is 284 g/mol. The number of hydrogen-bond acceptors (Lipinski definition) is 3. The Morgan fingerprint density at radius 2 is 1.60 bits per heavy atom. The van der Waals surface area contributed by atoms with Crippen LogP contribution in [-0.4, -0.2) is 48.8 Å². The molecule has 3 heteroatoms. The van der Waals surface area contributed by atoms with E-state index < -0.39 is 0 Å². The molecule has 1 aliphatic rings. The quantitative estimate of drug-likeness (QED) is 0.811. The van der Waals surface area contributed by atoms with Gasteiger partial charge in [-0.15, -0.1) is 0 Å². The Morgan fingerprint density at radius 3 is 2.05 bits per heavy atom. The first kappa shape index (κ1) is 17.9. The summed E-state index contributed by atoms with van der Waals surface area (Å²) in [6.07, 6.45) is 0. The van der Waals surface area contributed by atoms with Gasteiger partial charge in [-0.1, -0.05) is 27.7 Å². The van der Waals surface area contributed by atoms with Gasteiger partial charge in [0.1, 0.15) is 0 Å². The molecule has 1 aliphatic heterocycles. The summed E-state index contributed by atoms with van der Waals surface area (Å²) in [6.45, 7) is 23.4. The molecule has 3 nitrogen and oxygen atoms in total. The van der Waals surface area contributed by atoms with Crippen LogP contribution in [0.15, 0.2) is 0 Å². The molecule has 1 saturated heterocycles. The zero-order valence-corrected chi connectivity index (χ0v) is 15.0. The molecule has 0 aromatic rings. The molecule has 20 heavy (non-hydrogen) atoms. The van der Waals surface area contributed by atoms with Crippen LogP contribution >= 0.6 is 0 Å². The first-order chi connectivity index (χ1) is 8.91. The van der Waals surface area contributed by atoms with Gasteiger partial charge in [0, 0.05) is 26.2 Å². The summed E-state index contributed by atoms with van der Waals surface area (Å²) in [4.78, 5) is 2.57. The highest BCUT2D eigenvalue weighted by Crippen LogP contribution is 2.30. The average Bonchev–Trinajstić information content (AvgIpc) is 2.08. The van der Waals surface area contributed by atoms with Crippen LogP contribution in [0.1, 0.15) is 55.4 Å². The summed E-state index contributed by atoms with van der Waals surface area (Å²) < 4.78 is 6.16. The van der Waals surface area contributed by atoms with E-state index in [2.05, 4.69) is 65.6 Å². The summed E-state index contributed by atoms with van der Waals surface area (Å²) in [5.41, 5.74) is 0.185. The maximum absolute atomic E-state index is 6.16. The minimum absolute atomic E-state index is 0.0524. The molecular weight excluding hydrogens is 248 g/mol.